The molecule has 0 bridgehead atoms. The van der Waals surface area contributed by atoms with Crippen molar-refractivity contribution >= 4 is 34.2 Å². The van der Waals surface area contributed by atoms with Crippen molar-refractivity contribution in [2.75, 3.05) is 32.0 Å². The van der Waals surface area contributed by atoms with E-state index in [2.05, 4.69) is 15.6 Å². The second kappa shape index (κ2) is 8.99. The molecule has 1 aromatic carbocycles. The Morgan fingerprint density at radius 2 is 1.59 bits per heavy atom. The fourth-order valence-electron chi connectivity index (χ4n) is 2.39. The molecule has 0 atom stereocenters. The number of ether oxygens (including phenoxy) is 4. The van der Waals surface area contributed by atoms with Crippen LogP contribution in [0.5, 0.6) is 17.2 Å². The molecule has 2 rings (SSSR count). The second-order valence-electron chi connectivity index (χ2n) is 6.93. The van der Waals surface area contributed by atoms with Gasteiger partial charge in [-0.1, -0.05) is 11.3 Å². The van der Waals surface area contributed by atoms with Gasteiger partial charge in [0.25, 0.3) is 5.91 Å². The molecule has 158 valence electrons. The number of hydrogen-bond donors (Lipinski definition) is 2. The molecule has 0 saturated carbocycles. The molecule has 0 aliphatic heterocycles. The number of rotatable bonds is 6. The van der Waals surface area contributed by atoms with Crippen LogP contribution in [-0.4, -0.2) is 43.9 Å². The summed E-state index contributed by atoms with van der Waals surface area (Å²) in [6.45, 7) is 6.96. The molecule has 0 aliphatic carbocycles. The number of thiazole rings is 1. The molecule has 2 amide bonds. The standard InChI is InChI=1S/C19H25N3O6S/c1-10-15(29-17(20-10)22-18(24)28-19(2,3)4)16(23)21-11-8-12(25-5)14(27-7)13(9-11)26-6/h8-9H,1-7H3,(H,21,23)(H,20,22,24). The summed E-state index contributed by atoms with van der Waals surface area (Å²) in [6.07, 6.45) is -0.636. The SMILES string of the molecule is COc1cc(NC(=O)c2sc(NC(=O)OC(C)(C)C)nc2C)cc(OC)c1OC. The number of anilines is 2. The summed E-state index contributed by atoms with van der Waals surface area (Å²) in [5.41, 5.74) is 0.299. The third-order valence-corrected chi connectivity index (χ3v) is 4.60. The predicted molar refractivity (Wildman–Crippen MR) is 111 cm³/mol. The van der Waals surface area contributed by atoms with Crippen molar-refractivity contribution in [3.8, 4) is 17.2 Å². The first-order chi connectivity index (χ1) is 13.6. The highest BCUT2D eigenvalue weighted by Crippen LogP contribution is 2.40. The molecule has 2 N–H and O–H groups in total. The number of methoxy groups -OCH3 is 3. The van der Waals surface area contributed by atoms with Crippen LogP contribution in [0.15, 0.2) is 12.1 Å². The van der Waals surface area contributed by atoms with E-state index in [1.807, 2.05) is 0 Å². The number of aryl methyl sites for hydroxylation is 1. The Hall–Kier alpha value is -3.01. The van der Waals surface area contributed by atoms with E-state index in [-0.39, 0.29) is 11.0 Å². The summed E-state index contributed by atoms with van der Waals surface area (Å²) in [5, 5.41) is 5.59. The number of carbonyl (C=O) groups is 2. The lowest BCUT2D eigenvalue weighted by Gasteiger charge is -2.18. The van der Waals surface area contributed by atoms with E-state index in [4.69, 9.17) is 18.9 Å². The van der Waals surface area contributed by atoms with Crippen molar-refractivity contribution in [2.45, 2.75) is 33.3 Å². The van der Waals surface area contributed by atoms with Crippen molar-refractivity contribution < 1.29 is 28.5 Å². The fraction of sp³-hybridized carbons (Fsp3) is 0.421. The van der Waals surface area contributed by atoms with Crippen LogP contribution in [-0.2, 0) is 4.74 Å². The van der Waals surface area contributed by atoms with Crippen LogP contribution < -0.4 is 24.8 Å². The maximum absolute atomic E-state index is 12.7. The van der Waals surface area contributed by atoms with Gasteiger partial charge in [-0.05, 0) is 27.7 Å². The number of amides is 2. The Morgan fingerprint density at radius 1 is 1.00 bits per heavy atom. The van der Waals surface area contributed by atoms with E-state index < -0.39 is 11.7 Å². The van der Waals surface area contributed by atoms with E-state index >= 15 is 0 Å². The van der Waals surface area contributed by atoms with E-state index in [0.29, 0.717) is 33.5 Å². The van der Waals surface area contributed by atoms with Gasteiger partial charge in [-0.25, -0.2) is 9.78 Å². The summed E-state index contributed by atoms with van der Waals surface area (Å²) in [6, 6.07) is 3.24. The first-order valence-corrected chi connectivity index (χ1v) is 9.48. The first kappa shape index (κ1) is 22.3. The van der Waals surface area contributed by atoms with Crippen LogP contribution in [0.2, 0.25) is 0 Å². The lowest BCUT2D eigenvalue weighted by Crippen LogP contribution is -2.27. The van der Waals surface area contributed by atoms with Gasteiger partial charge in [0, 0.05) is 17.8 Å². The molecule has 0 radical (unpaired) electrons. The number of aromatic nitrogens is 1. The van der Waals surface area contributed by atoms with Crippen LogP contribution in [0.4, 0.5) is 15.6 Å². The van der Waals surface area contributed by atoms with Crippen LogP contribution in [0.3, 0.4) is 0 Å². The quantitative estimate of drug-likeness (QED) is 0.721. The minimum Gasteiger partial charge on any atom is -0.493 e. The van der Waals surface area contributed by atoms with Crippen LogP contribution in [0, 0.1) is 6.92 Å². The fourth-order valence-corrected chi connectivity index (χ4v) is 3.24. The molecule has 1 heterocycles. The molecule has 29 heavy (non-hydrogen) atoms. The molecule has 0 saturated heterocycles. The van der Waals surface area contributed by atoms with Gasteiger partial charge in [0.15, 0.2) is 16.6 Å². The van der Waals surface area contributed by atoms with E-state index in [9.17, 15) is 9.59 Å². The summed E-state index contributed by atoms with van der Waals surface area (Å²) < 4.78 is 21.1. The number of carbonyl (C=O) groups excluding carboxylic acids is 2. The van der Waals surface area contributed by atoms with Crippen molar-refractivity contribution in [1.82, 2.24) is 4.98 Å². The highest BCUT2D eigenvalue weighted by atomic mass is 32.1. The Kier molecular flexibility index (Phi) is 6.91. The molecule has 1 aromatic heterocycles. The highest BCUT2D eigenvalue weighted by Gasteiger charge is 2.21. The zero-order chi connectivity index (χ0) is 21.8. The van der Waals surface area contributed by atoms with Gasteiger partial charge in [0.05, 0.1) is 27.0 Å². The number of hydrogen-bond acceptors (Lipinski definition) is 8. The minimum absolute atomic E-state index is 0.270. The molecule has 10 heteroatoms. The normalized spacial score (nSPS) is 10.9. The van der Waals surface area contributed by atoms with Crippen molar-refractivity contribution in [3.05, 3.63) is 22.7 Å². The van der Waals surface area contributed by atoms with Gasteiger partial charge in [-0.2, -0.15) is 0 Å². The Balaban J connectivity index is 2.19. The summed E-state index contributed by atoms with van der Waals surface area (Å²) >= 11 is 1.05. The average molecular weight is 423 g/mol. The zero-order valence-electron chi connectivity index (χ0n) is 17.5. The van der Waals surface area contributed by atoms with Crippen molar-refractivity contribution in [2.24, 2.45) is 0 Å². The summed E-state index contributed by atoms with van der Waals surface area (Å²) in [5.74, 6) is 0.864. The van der Waals surface area contributed by atoms with Crippen LogP contribution in [0.25, 0.3) is 0 Å². The van der Waals surface area contributed by atoms with Gasteiger partial charge in [0.2, 0.25) is 5.75 Å². The van der Waals surface area contributed by atoms with E-state index in [1.165, 1.54) is 21.3 Å². The third kappa shape index (κ3) is 5.74. The summed E-state index contributed by atoms with van der Waals surface area (Å²) in [4.78, 5) is 29.2. The first-order valence-electron chi connectivity index (χ1n) is 8.66. The topological polar surface area (TPSA) is 108 Å². The molecule has 0 unspecified atom stereocenters. The Labute approximate surface area is 173 Å². The number of nitrogens with one attached hydrogen (secondary N) is 2. The largest absolute Gasteiger partial charge is 0.493 e. The minimum atomic E-state index is -0.636. The molecule has 9 nitrogen and oxygen atoms in total. The molecular formula is C19H25N3O6S. The Bertz CT molecular complexity index is 879. The van der Waals surface area contributed by atoms with Crippen LogP contribution >= 0.6 is 11.3 Å². The van der Waals surface area contributed by atoms with E-state index in [0.717, 1.165) is 11.3 Å². The third-order valence-electron chi connectivity index (χ3n) is 3.53. The molecule has 0 spiro atoms. The molecule has 0 fully saturated rings. The smallest absolute Gasteiger partial charge is 0.413 e. The van der Waals surface area contributed by atoms with Gasteiger partial charge < -0.3 is 24.3 Å². The lowest BCUT2D eigenvalue weighted by atomic mass is 10.2. The monoisotopic (exact) mass is 423 g/mol. The van der Waals surface area contributed by atoms with Gasteiger partial charge >= 0.3 is 6.09 Å². The van der Waals surface area contributed by atoms with Gasteiger partial charge in [0.1, 0.15) is 10.5 Å². The van der Waals surface area contributed by atoms with Crippen LogP contribution in [0.1, 0.15) is 36.1 Å². The number of nitrogens with zero attached hydrogens (tertiary/aromatic N) is 1. The van der Waals surface area contributed by atoms with Crippen molar-refractivity contribution in [3.63, 3.8) is 0 Å². The second-order valence-corrected chi connectivity index (χ2v) is 7.93. The predicted octanol–water partition coefficient (Wildman–Crippen LogP) is 4.08. The maximum Gasteiger partial charge on any atom is 0.413 e. The summed E-state index contributed by atoms with van der Waals surface area (Å²) in [7, 11) is 4.48. The average Bonchev–Trinajstić information content (AvgIpc) is 2.99. The molecule has 2 aromatic rings. The van der Waals surface area contributed by atoms with Gasteiger partial charge in [-0.15, -0.1) is 0 Å². The highest BCUT2D eigenvalue weighted by molar-refractivity contribution is 7.17. The maximum atomic E-state index is 12.7. The lowest BCUT2D eigenvalue weighted by molar-refractivity contribution is 0.0635. The van der Waals surface area contributed by atoms with Crippen molar-refractivity contribution in [1.29, 1.82) is 0 Å². The van der Waals surface area contributed by atoms with E-state index in [1.54, 1.807) is 39.8 Å². The zero-order valence-corrected chi connectivity index (χ0v) is 18.3. The Morgan fingerprint density at radius 3 is 2.07 bits per heavy atom. The number of benzene rings is 1. The molecular weight excluding hydrogens is 398 g/mol. The van der Waals surface area contributed by atoms with Gasteiger partial charge in [-0.3, -0.25) is 10.1 Å². The molecule has 0 aliphatic rings.